The molecule has 1 N–H and O–H groups in total. The lowest BCUT2D eigenvalue weighted by Crippen LogP contribution is -2.21. The lowest BCUT2D eigenvalue weighted by molar-refractivity contribution is 0.685. The molecule has 0 radical (unpaired) electrons. The van der Waals surface area contributed by atoms with E-state index in [1.807, 2.05) is 0 Å². The minimum Gasteiger partial charge on any atom is -0.370 e. The second-order valence-electron chi connectivity index (χ2n) is 5.54. The molecule has 0 unspecified atom stereocenters. The summed E-state index contributed by atoms with van der Waals surface area (Å²) in [7, 11) is 2.16. The van der Waals surface area contributed by atoms with Crippen LogP contribution in [0.3, 0.4) is 0 Å². The van der Waals surface area contributed by atoms with Crippen LogP contribution in [0.5, 0.6) is 0 Å². The second kappa shape index (κ2) is 6.82. The fraction of sp³-hybridized carbons (Fsp3) is 0.375. The van der Waals surface area contributed by atoms with Gasteiger partial charge in [0.1, 0.15) is 0 Å². The van der Waals surface area contributed by atoms with Gasteiger partial charge in [0.05, 0.1) is 3.79 Å². The highest BCUT2D eigenvalue weighted by Gasteiger charge is 2.21. The monoisotopic (exact) mass is 428 g/mol. The highest BCUT2D eigenvalue weighted by atomic mass is 79.9. The predicted octanol–water partition coefficient (Wildman–Crippen LogP) is 5.16. The van der Waals surface area contributed by atoms with E-state index in [-0.39, 0.29) is 0 Å². The van der Waals surface area contributed by atoms with Crippen LogP contribution in [0.4, 0.5) is 5.69 Å². The fourth-order valence-electron chi connectivity index (χ4n) is 2.40. The van der Waals surface area contributed by atoms with E-state index in [1.54, 1.807) is 11.3 Å². The van der Waals surface area contributed by atoms with Crippen molar-refractivity contribution in [2.45, 2.75) is 32.0 Å². The van der Waals surface area contributed by atoms with Gasteiger partial charge < -0.3 is 10.2 Å². The van der Waals surface area contributed by atoms with Gasteiger partial charge in [-0.25, -0.2) is 0 Å². The van der Waals surface area contributed by atoms with E-state index in [0.717, 1.165) is 23.6 Å². The van der Waals surface area contributed by atoms with Crippen molar-refractivity contribution in [3.63, 3.8) is 0 Å². The molecular formula is C16H18Br2N2S. The molecule has 0 spiro atoms. The van der Waals surface area contributed by atoms with Gasteiger partial charge in [-0.2, -0.15) is 0 Å². The number of rotatable bonds is 6. The molecule has 2 aromatic rings. The Morgan fingerprint density at radius 1 is 1.29 bits per heavy atom. The fourth-order valence-corrected chi connectivity index (χ4v) is 4.01. The van der Waals surface area contributed by atoms with Gasteiger partial charge in [-0.1, -0.05) is 15.9 Å². The van der Waals surface area contributed by atoms with Crippen LogP contribution in [-0.4, -0.2) is 13.1 Å². The minimum absolute atomic E-state index is 0.731. The smallest absolute Gasteiger partial charge is 0.0701 e. The molecule has 1 heterocycles. The molecule has 0 bridgehead atoms. The van der Waals surface area contributed by atoms with Crippen LogP contribution in [0.15, 0.2) is 37.9 Å². The Balaban J connectivity index is 1.75. The summed E-state index contributed by atoms with van der Waals surface area (Å²) < 4.78 is 2.34. The van der Waals surface area contributed by atoms with Crippen LogP contribution < -0.4 is 10.2 Å². The van der Waals surface area contributed by atoms with Crippen LogP contribution in [0, 0.1) is 0 Å². The highest BCUT2D eigenvalue weighted by Crippen LogP contribution is 2.28. The summed E-state index contributed by atoms with van der Waals surface area (Å²) in [4.78, 5) is 2.32. The number of nitrogens with zero attached hydrogens (tertiary/aromatic N) is 1. The molecule has 1 aliphatic rings. The van der Waals surface area contributed by atoms with Crippen molar-refractivity contribution in [3.8, 4) is 0 Å². The zero-order valence-corrected chi connectivity index (χ0v) is 15.9. The van der Waals surface area contributed by atoms with Gasteiger partial charge in [-0.15, -0.1) is 11.3 Å². The molecule has 112 valence electrons. The molecule has 3 rings (SSSR count). The largest absolute Gasteiger partial charge is 0.370 e. The second-order valence-corrected chi connectivity index (χ2v) is 8.75. The topological polar surface area (TPSA) is 15.3 Å². The standard InChI is InChI=1S/C16H18Br2N2S/c1-20(9-11-6-16(18)21-10-11)15-5-2-13(17)7-12(15)8-19-14-3-4-14/h2,5-7,10,14,19H,3-4,8-9H2,1H3. The Bertz CT molecular complexity index is 622. The van der Waals surface area contributed by atoms with Crippen LogP contribution in [0.1, 0.15) is 24.0 Å². The molecule has 1 aromatic heterocycles. The summed E-state index contributed by atoms with van der Waals surface area (Å²) in [6, 6.07) is 9.48. The molecule has 2 nitrogen and oxygen atoms in total. The van der Waals surface area contributed by atoms with Crippen LogP contribution >= 0.6 is 43.2 Å². The lowest BCUT2D eigenvalue weighted by Gasteiger charge is -2.22. The lowest BCUT2D eigenvalue weighted by atomic mass is 10.1. The third-order valence-electron chi connectivity index (χ3n) is 3.65. The first-order valence-electron chi connectivity index (χ1n) is 7.07. The Morgan fingerprint density at radius 3 is 2.76 bits per heavy atom. The quantitative estimate of drug-likeness (QED) is 0.681. The average Bonchev–Trinajstić information content (AvgIpc) is 3.19. The summed E-state index contributed by atoms with van der Waals surface area (Å²) in [5, 5.41) is 5.82. The Hall–Kier alpha value is -0.360. The molecule has 1 fully saturated rings. The van der Waals surface area contributed by atoms with E-state index in [1.165, 1.54) is 33.4 Å². The average molecular weight is 430 g/mol. The van der Waals surface area contributed by atoms with Crippen molar-refractivity contribution < 1.29 is 0 Å². The number of hydrogen-bond acceptors (Lipinski definition) is 3. The highest BCUT2D eigenvalue weighted by molar-refractivity contribution is 9.11. The number of hydrogen-bond donors (Lipinski definition) is 1. The van der Waals surface area contributed by atoms with Crippen LogP contribution in [0.2, 0.25) is 0 Å². The van der Waals surface area contributed by atoms with Crippen molar-refractivity contribution in [1.29, 1.82) is 0 Å². The van der Waals surface area contributed by atoms with Gasteiger partial charge in [0.25, 0.3) is 0 Å². The van der Waals surface area contributed by atoms with Crippen molar-refractivity contribution in [1.82, 2.24) is 5.32 Å². The van der Waals surface area contributed by atoms with Crippen molar-refractivity contribution in [2.24, 2.45) is 0 Å². The van der Waals surface area contributed by atoms with E-state index in [0.29, 0.717) is 0 Å². The number of anilines is 1. The van der Waals surface area contributed by atoms with Gasteiger partial charge in [-0.3, -0.25) is 0 Å². The molecular weight excluding hydrogens is 412 g/mol. The van der Waals surface area contributed by atoms with Crippen molar-refractivity contribution >= 4 is 48.9 Å². The molecule has 1 aliphatic carbocycles. The SMILES string of the molecule is CN(Cc1csc(Br)c1)c1ccc(Br)cc1CNC1CC1. The van der Waals surface area contributed by atoms with Crippen LogP contribution in [-0.2, 0) is 13.1 Å². The third kappa shape index (κ3) is 4.31. The number of nitrogens with one attached hydrogen (secondary N) is 1. The van der Waals surface area contributed by atoms with E-state index in [2.05, 4.69) is 78.8 Å². The normalized spacial score (nSPS) is 14.4. The maximum atomic E-state index is 3.61. The molecule has 0 aliphatic heterocycles. The number of thiophene rings is 1. The van der Waals surface area contributed by atoms with Gasteiger partial charge >= 0.3 is 0 Å². The van der Waals surface area contributed by atoms with Crippen molar-refractivity contribution in [3.05, 3.63) is 49.0 Å². The Morgan fingerprint density at radius 2 is 2.10 bits per heavy atom. The van der Waals surface area contributed by atoms with E-state index in [4.69, 9.17) is 0 Å². The Labute approximate surface area is 146 Å². The van der Waals surface area contributed by atoms with E-state index >= 15 is 0 Å². The first kappa shape index (κ1) is 15.5. The molecule has 1 aromatic carbocycles. The summed E-state index contributed by atoms with van der Waals surface area (Å²) in [5.41, 5.74) is 4.00. The minimum atomic E-state index is 0.731. The first-order chi connectivity index (χ1) is 10.1. The Kier molecular flexibility index (Phi) is 5.04. The molecule has 21 heavy (non-hydrogen) atoms. The van der Waals surface area contributed by atoms with Gasteiger partial charge in [0.15, 0.2) is 0 Å². The molecule has 0 amide bonds. The summed E-state index contributed by atoms with van der Waals surface area (Å²) in [6.07, 6.45) is 2.64. The van der Waals surface area contributed by atoms with Gasteiger partial charge in [-0.05, 0) is 69.5 Å². The van der Waals surface area contributed by atoms with Gasteiger partial charge in [0, 0.05) is 36.3 Å². The number of halogens is 2. The zero-order chi connectivity index (χ0) is 14.8. The van der Waals surface area contributed by atoms with Crippen LogP contribution in [0.25, 0.3) is 0 Å². The van der Waals surface area contributed by atoms with Gasteiger partial charge in [0.2, 0.25) is 0 Å². The first-order valence-corrected chi connectivity index (χ1v) is 9.54. The summed E-state index contributed by atoms with van der Waals surface area (Å²) in [6.45, 7) is 1.87. The number of benzene rings is 1. The molecule has 1 saturated carbocycles. The maximum absolute atomic E-state index is 3.61. The predicted molar refractivity (Wildman–Crippen MR) is 98.1 cm³/mol. The molecule has 5 heteroatoms. The van der Waals surface area contributed by atoms with E-state index in [9.17, 15) is 0 Å². The summed E-state index contributed by atoms with van der Waals surface area (Å²) >= 11 is 8.86. The maximum Gasteiger partial charge on any atom is 0.0701 e. The summed E-state index contributed by atoms with van der Waals surface area (Å²) in [5.74, 6) is 0. The zero-order valence-electron chi connectivity index (χ0n) is 11.9. The molecule has 0 saturated heterocycles. The van der Waals surface area contributed by atoms with Crippen molar-refractivity contribution in [2.75, 3.05) is 11.9 Å². The van der Waals surface area contributed by atoms with E-state index < -0.39 is 0 Å². The third-order valence-corrected chi connectivity index (χ3v) is 5.70. The molecule has 0 atom stereocenters.